The predicted molar refractivity (Wildman–Crippen MR) is 88.8 cm³/mol. The van der Waals surface area contributed by atoms with Crippen LogP contribution in [0.15, 0.2) is 18.2 Å². The Morgan fingerprint density at radius 1 is 1.33 bits per heavy atom. The fourth-order valence-electron chi connectivity index (χ4n) is 3.45. The maximum atomic E-state index is 12.4. The molecule has 3 rings (SSSR count). The molecule has 1 aromatic rings. The molecule has 24 heavy (non-hydrogen) atoms. The molecule has 0 bridgehead atoms. The molecule has 1 aliphatic heterocycles. The number of likely N-dealkylation sites (tertiary alicyclic amines) is 1. The van der Waals surface area contributed by atoms with Gasteiger partial charge >= 0.3 is 0 Å². The van der Waals surface area contributed by atoms with Crippen molar-refractivity contribution in [2.24, 2.45) is 5.92 Å². The summed E-state index contributed by atoms with van der Waals surface area (Å²) in [5.74, 6) is -0.697. The second kappa shape index (κ2) is 6.76. The summed E-state index contributed by atoms with van der Waals surface area (Å²) in [4.78, 5) is 36.7. The van der Waals surface area contributed by atoms with Gasteiger partial charge in [0.1, 0.15) is 5.02 Å². The van der Waals surface area contributed by atoms with Crippen LogP contribution in [-0.2, 0) is 9.59 Å². The minimum atomic E-state index is -0.598. The highest BCUT2D eigenvalue weighted by Crippen LogP contribution is 2.31. The maximum absolute atomic E-state index is 12.4. The van der Waals surface area contributed by atoms with Gasteiger partial charge in [-0.1, -0.05) is 24.4 Å². The molecular weight excluding hydrogens is 334 g/mol. The third kappa shape index (κ3) is 3.36. The van der Waals surface area contributed by atoms with E-state index in [-0.39, 0.29) is 35.0 Å². The number of anilines is 1. The number of carbonyl (C=O) groups is 2. The number of benzene rings is 1. The van der Waals surface area contributed by atoms with Gasteiger partial charge in [-0.05, 0) is 25.0 Å². The van der Waals surface area contributed by atoms with E-state index in [4.69, 9.17) is 11.6 Å². The molecule has 0 spiro atoms. The average molecular weight is 352 g/mol. The highest BCUT2D eigenvalue weighted by atomic mass is 35.5. The van der Waals surface area contributed by atoms with E-state index in [9.17, 15) is 19.7 Å². The van der Waals surface area contributed by atoms with Crippen LogP contribution in [0.1, 0.15) is 32.1 Å². The van der Waals surface area contributed by atoms with E-state index < -0.39 is 10.8 Å². The predicted octanol–water partition coefficient (Wildman–Crippen LogP) is 2.98. The second-order valence-electron chi connectivity index (χ2n) is 6.30. The molecule has 1 saturated heterocycles. The molecule has 1 atom stereocenters. The molecule has 1 aromatic carbocycles. The first-order valence-electron chi connectivity index (χ1n) is 8.00. The first-order chi connectivity index (χ1) is 11.5. The van der Waals surface area contributed by atoms with Gasteiger partial charge in [0.05, 0.1) is 10.8 Å². The lowest BCUT2D eigenvalue weighted by atomic mass is 10.1. The van der Waals surface area contributed by atoms with Crippen LogP contribution in [0.25, 0.3) is 0 Å². The Labute approximate surface area is 144 Å². The lowest BCUT2D eigenvalue weighted by Crippen LogP contribution is -2.35. The monoisotopic (exact) mass is 351 g/mol. The fraction of sp³-hybridized carbons (Fsp3) is 0.500. The van der Waals surface area contributed by atoms with Crippen LogP contribution in [0.4, 0.5) is 11.4 Å². The van der Waals surface area contributed by atoms with Crippen LogP contribution in [-0.4, -0.2) is 34.2 Å². The van der Waals surface area contributed by atoms with Gasteiger partial charge < -0.3 is 10.2 Å². The van der Waals surface area contributed by atoms with Crippen molar-refractivity contribution < 1.29 is 14.5 Å². The van der Waals surface area contributed by atoms with Crippen molar-refractivity contribution in [3.05, 3.63) is 33.3 Å². The summed E-state index contributed by atoms with van der Waals surface area (Å²) in [5.41, 5.74) is 0.0485. The molecule has 7 nitrogen and oxygen atoms in total. The summed E-state index contributed by atoms with van der Waals surface area (Å²) in [6.07, 6.45) is 4.45. The standard InChI is InChI=1S/C16H18ClN3O4/c17-13-6-5-11(8-14(13)20(23)24)18-16(22)10-7-15(21)19(9-10)12-3-1-2-4-12/h5-6,8,10,12H,1-4,7,9H2,(H,18,22). The van der Waals surface area contributed by atoms with E-state index in [1.54, 1.807) is 0 Å². The number of hydrogen-bond donors (Lipinski definition) is 1. The molecule has 2 aliphatic rings. The van der Waals surface area contributed by atoms with E-state index in [2.05, 4.69) is 5.32 Å². The van der Waals surface area contributed by atoms with Crippen LogP contribution >= 0.6 is 11.6 Å². The molecule has 1 unspecified atom stereocenters. The topological polar surface area (TPSA) is 92.5 Å². The van der Waals surface area contributed by atoms with Crippen LogP contribution < -0.4 is 5.32 Å². The zero-order valence-electron chi connectivity index (χ0n) is 13.0. The Kier molecular flexibility index (Phi) is 4.71. The lowest BCUT2D eigenvalue weighted by molar-refractivity contribution is -0.384. The number of amides is 2. The first-order valence-corrected chi connectivity index (χ1v) is 8.38. The molecule has 2 fully saturated rings. The lowest BCUT2D eigenvalue weighted by Gasteiger charge is -2.23. The van der Waals surface area contributed by atoms with E-state index in [0.29, 0.717) is 12.2 Å². The van der Waals surface area contributed by atoms with Gasteiger partial charge in [-0.2, -0.15) is 0 Å². The second-order valence-corrected chi connectivity index (χ2v) is 6.71. The maximum Gasteiger partial charge on any atom is 0.289 e. The van der Waals surface area contributed by atoms with Crippen molar-refractivity contribution in [3.63, 3.8) is 0 Å². The van der Waals surface area contributed by atoms with Crippen molar-refractivity contribution in [2.45, 2.75) is 38.1 Å². The molecule has 8 heteroatoms. The quantitative estimate of drug-likeness (QED) is 0.666. The van der Waals surface area contributed by atoms with Crippen molar-refractivity contribution >= 4 is 34.8 Å². The minimum absolute atomic E-state index is 0.0152. The molecule has 0 radical (unpaired) electrons. The van der Waals surface area contributed by atoms with Crippen molar-refractivity contribution in [1.82, 2.24) is 4.90 Å². The van der Waals surface area contributed by atoms with E-state index in [0.717, 1.165) is 25.7 Å². The van der Waals surface area contributed by atoms with Gasteiger partial charge in [0.15, 0.2) is 0 Å². The first kappa shape index (κ1) is 16.7. The van der Waals surface area contributed by atoms with Crippen LogP contribution in [0, 0.1) is 16.0 Å². The van der Waals surface area contributed by atoms with Gasteiger partial charge in [-0.3, -0.25) is 19.7 Å². The molecule has 128 valence electrons. The Bertz CT molecular complexity index is 688. The van der Waals surface area contributed by atoms with Gasteiger partial charge in [-0.25, -0.2) is 0 Å². The summed E-state index contributed by atoms with van der Waals surface area (Å²) < 4.78 is 0. The third-order valence-corrected chi connectivity index (χ3v) is 5.02. The number of nitro groups is 1. The summed E-state index contributed by atoms with van der Waals surface area (Å²) in [6.45, 7) is 0.422. The molecule has 0 aromatic heterocycles. The number of nitrogens with zero attached hydrogens (tertiary/aromatic N) is 2. The fourth-order valence-corrected chi connectivity index (χ4v) is 3.64. The Morgan fingerprint density at radius 3 is 2.71 bits per heavy atom. The number of hydrogen-bond acceptors (Lipinski definition) is 4. The molecule has 1 saturated carbocycles. The average Bonchev–Trinajstić information content (AvgIpc) is 3.18. The van der Waals surface area contributed by atoms with Crippen LogP contribution in [0.3, 0.4) is 0 Å². The third-order valence-electron chi connectivity index (χ3n) is 4.71. The number of halogens is 1. The highest BCUT2D eigenvalue weighted by Gasteiger charge is 2.38. The zero-order chi connectivity index (χ0) is 17.3. The van der Waals surface area contributed by atoms with Gasteiger partial charge in [0.25, 0.3) is 5.69 Å². The van der Waals surface area contributed by atoms with Crippen LogP contribution in [0.2, 0.25) is 5.02 Å². The Hall–Kier alpha value is -2.15. The van der Waals surface area contributed by atoms with Gasteiger partial charge in [0, 0.05) is 30.8 Å². The molecule has 1 aliphatic carbocycles. The van der Waals surface area contributed by atoms with E-state index >= 15 is 0 Å². The number of carbonyl (C=O) groups excluding carboxylic acids is 2. The molecular formula is C16H18ClN3O4. The zero-order valence-corrected chi connectivity index (χ0v) is 13.8. The van der Waals surface area contributed by atoms with Crippen molar-refractivity contribution in [1.29, 1.82) is 0 Å². The molecule has 1 heterocycles. The van der Waals surface area contributed by atoms with Gasteiger partial charge in [0.2, 0.25) is 11.8 Å². The highest BCUT2D eigenvalue weighted by molar-refractivity contribution is 6.32. The molecule has 1 N–H and O–H groups in total. The van der Waals surface area contributed by atoms with Crippen molar-refractivity contribution in [2.75, 3.05) is 11.9 Å². The SMILES string of the molecule is O=C(Nc1ccc(Cl)c([N+](=O)[O-])c1)C1CC(=O)N(C2CCCC2)C1. The normalized spacial score (nSPS) is 21.3. The molecule has 2 amide bonds. The van der Waals surface area contributed by atoms with Crippen molar-refractivity contribution in [3.8, 4) is 0 Å². The Morgan fingerprint density at radius 2 is 2.04 bits per heavy atom. The smallest absolute Gasteiger partial charge is 0.289 e. The summed E-state index contributed by atoms with van der Waals surface area (Å²) in [5, 5.41) is 13.6. The summed E-state index contributed by atoms with van der Waals surface area (Å²) in [6, 6.07) is 4.37. The minimum Gasteiger partial charge on any atom is -0.339 e. The van der Waals surface area contributed by atoms with E-state index in [1.165, 1.54) is 18.2 Å². The number of rotatable bonds is 4. The van der Waals surface area contributed by atoms with Gasteiger partial charge in [-0.15, -0.1) is 0 Å². The van der Waals surface area contributed by atoms with E-state index in [1.807, 2.05) is 4.90 Å². The summed E-state index contributed by atoms with van der Waals surface area (Å²) >= 11 is 5.76. The van der Waals surface area contributed by atoms with Crippen LogP contribution in [0.5, 0.6) is 0 Å². The number of nitrogens with one attached hydrogen (secondary N) is 1. The number of nitro benzene ring substituents is 1. The summed E-state index contributed by atoms with van der Waals surface area (Å²) in [7, 11) is 0. The largest absolute Gasteiger partial charge is 0.339 e. The Balaban J connectivity index is 1.66.